The van der Waals surface area contributed by atoms with Gasteiger partial charge in [-0.15, -0.1) is 0 Å². The summed E-state index contributed by atoms with van der Waals surface area (Å²) in [4.78, 5) is 0.380. The first kappa shape index (κ1) is 14.6. The second-order valence-corrected chi connectivity index (χ2v) is 7.28. The lowest BCUT2D eigenvalue weighted by Crippen LogP contribution is -2.26. The molecule has 1 N–H and O–H groups in total. The number of para-hydroxylation sites is 1. The number of aryl methyl sites for hydroxylation is 1. The molecular formula is C16H19NO2S. The second kappa shape index (κ2) is 6.09. The molecule has 0 aliphatic carbocycles. The average Bonchev–Trinajstić information content (AvgIpc) is 2.46. The van der Waals surface area contributed by atoms with Crippen LogP contribution in [0.15, 0.2) is 59.5 Å². The molecule has 0 aliphatic rings. The van der Waals surface area contributed by atoms with Crippen molar-refractivity contribution in [2.45, 2.75) is 24.0 Å². The van der Waals surface area contributed by atoms with Crippen molar-refractivity contribution < 1.29 is 8.42 Å². The normalized spacial score (nSPS) is 12.9. The van der Waals surface area contributed by atoms with Crippen LogP contribution in [0.5, 0.6) is 0 Å². The number of anilines is 1. The third kappa shape index (κ3) is 3.39. The molecule has 0 saturated heterocycles. The Kier molecular flexibility index (Phi) is 4.45. The first-order valence-corrected chi connectivity index (χ1v) is 8.14. The molecule has 0 saturated carbocycles. The Morgan fingerprint density at radius 2 is 1.60 bits per heavy atom. The van der Waals surface area contributed by atoms with Crippen molar-refractivity contribution in [3.05, 3.63) is 60.2 Å². The van der Waals surface area contributed by atoms with Crippen LogP contribution in [-0.4, -0.2) is 20.2 Å². The summed E-state index contributed by atoms with van der Waals surface area (Å²) >= 11 is 0. The third-order valence-corrected chi connectivity index (χ3v) is 5.40. The van der Waals surface area contributed by atoms with E-state index in [2.05, 4.69) is 5.32 Å². The van der Waals surface area contributed by atoms with Gasteiger partial charge in [-0.25, -0.2) is 8.42 Å². The molecule has 0 aromatic heterocycles. The molecule has 0 fully saturated rings. The highest BCUT2D eigenvalue weighted by atomic mass is 32.2. The molecule has 20 heavy (non-hydrogen) atoms. The molecular weight excluding hydrogens is 270 g/mol. The predicted molar refractivity (Wildman–Crippen MR) is 82.8 cm³/mol. The summed E-state index contributed by atoms with van der Waals surface area (Å²) in [5.41, 5.74) is 1.98. The largest absolute Gasteiger partial charge is 0.384 e. The van der Waals surface area contributed by atoms with Gasteiger partial charge < -0.3 is 5.32 Å². The highest BCUT2D eigenvalue weighted by molar-refractivity contribution is 7.92. The molecule has 2 aromatic carbocycles. The molecule has 1 unspecified atom stereocenters. The van der Waals surface area contributed by atoms with Gasteiger partial charge in [0.25, 0.3) is 0 Å². The van der Waals surface area contributed by atoms with Crippen molar-refractivity contribution in [3.8, 4) is 0 Å². The Balaban J connectivity index is 2.08. The van der Waals surface area contributed by atoms with Gasteiger partial charge in [-0.1, -0.05) is 35.9 Å². The van der Waals surface area contributed by atoms with Crippen LogP contribution in [0.1, 0.15) is 12.5 Å². The van der Waals surface area contributed by atoms with Crippen molar-refractivity contribution in [1.82, 2.24) is 0 Å². The molecule has 0 radical (unpaired) electrons. The van der Waals surface area contributed by atoms with E-state index in [1.807, 2.05) is 49.4 Å². The van der Waals surface area contributed by atoms with Gasteiger partial charge in [0.15, 0.2) is 9.84 Å². The zero-order valence-electron chi connectivity index (χ0n) is 11.7. The van der Waals surface area contributed by atoms with Crippen LogP contribution in [0.2, 0.25) is 0 Å². The minimum atomic E-state index is -3.29. The third-order valence-electron chi connectivity index (χ3n) is 3.25. The summed E-state index contributed by atoms with van der Waals surface area (Å²) in [5, 5.41) is 2.67. The smallest absolute Gasteiger partial charge is 0.182 e. The molecule has 0 amide bonds. The standard InChI is InChI=1S/C16H19NO2S/c1-13-8-10-16(11-9-13)20(18,19)14(2)12-17-15-6-4-3-5-7-15/h3-11,14,17H,12H2,1-2H3. The van der Waals surface area contributed by atoms with E-state index in [0.29, 0.717) is 11.4 Å². The molecule has 106 valence electrons. The van der Waals surface area contributed by atoms with Gasteiger partial charge in [0.1, 0.15) is 0 Å². The zero-order valence-corrected chi connectivity index (χ0v) is 12.5. The molecule has 3 nitrogen and oxygen atoms in total. The van der Waals surface area contributed by atoms with E-state index < -0.39 is 15.1 Å². The van der Waals surface area contributed by atoms with Crippen molar-refractivity contribution in [1.29, 1.82) is 0 Å². The summed E-state index contributed by atoms with van der Waals surface area (Å²) in [6, 6.07) is 16.6. The summed E-state index contributed by atoms with van der Waals surface area (Å²) in [6.45, 7) is 4.06. The van der Waals surface area contributed by atoms with Gasteiger partial charge in [0.2, 0.25) is 0 Å². The molecule has 2 aromatic rings. The minimum absolute atomic E-state index is 0.380. The summed E-state index contributed by atoms with van der Waals surface area (Å²) < 4.78 is 24.8. The number of benzene rings is 2. The SMILES string of the molecule is Cc1ccc(S(=O)(=O)C(C)CNc2ccccc2)cc1. The summed E-state index contributed by atoms with van der Waals surface area (Å²) in [6.07, 6.45) is 0. The maximum absolute atomic E-state index is 12.4. The monoisotopic (exact) mass is 289 g/mol. The average molecular weight is 289 g/mol. The quantitative estimate of drug-likeness (QED) is 0.919. The van der Waals surface area contributed by atoms with Crippen molar-refractivity contribution in [3.63, 3.8) is 0 Å². The van der Waals surface area contributed by atoms with Crippen LogP contribution in [0.4, 0.5) is 5.69 Å². The Labute approximate surface area is 120 Å². The maximum atomic E-state index is 12.4. The maximum Gasteiger partial charge on any atom is 0.182 e. The highest BCUT2D eigenvalue weighted by Crippen LogP contribution is 2.17. The number of hydrogen-bond donors (Lipinski definition) is 1. The molecule has 4 heteroatoms. The number of rotatable bonds is 5. The Hall–Kier alpha value is -1.81. The fourth-order valence-corrected chi connectivity index (χ4v) is 3.17. The van der Waals surface area contributed by atoms with E-state index in [0.717, 1.165) is 11.3 Å². The summed E-state index contributed by atoms with van der Waals surface area (Å²) in [7, 11) is -3.29. The molecule has 0 heterocycles. The Morgan fingerprint density at radius 3 is 2.20 bits per heavy atom. The molecule has 2 rings (SSSR count). The first-order valence-electron chi connectivity index (χ1n) is 6.59. The number of hydrogen-bond acceptors (Lipinski definition) is 3. The van der Waals surface area contributed by atoms with E-state index in [1.165, 1.54) is 0 Å². The van der Waals surface area contributed by atoms with E-state index >= 15 is 0 Å². The highest BCUT2D eigenvalue weighted by Gasteiger charge is 2.22. The number of sulfone groups is 1. The Bertz CT molecular complexity index is 649. The van der Waals surface area contributed by atoms with Gasteiger partial charge in [-0.3, -0.25) is 0 Å². The lowest BCUT2D eigenvalue weighted by molar-refractivity contribution is 0.585. The lowest BCUT2D eigenvalue weighted by Gasteiger charge is -2.15. The van der Waals surface area contributed by atoms with E-state index in [4.69, 9.17) is 0 Å². The van der Waals surface area contributed by atoms with Crippen LogP contribution in [0.25, 0.3) is 0 Å². The predicted octanol–water partition coefficient (Wildman–Crippen LogP) is 3.27. The van der Waals surface area contributed by atoms with Crippen molar-refractivity contribution >= 4 is 15.5 Å². The van der Waals surface area contributed by atoms with Gasteiger partial charge in [-0.2, -0.15) is 0 Å². The van der Waals surface area contributed by atoms with Gasteiger partial charge in [-0.05, 0) is 38.1 Å². The van der Waals surface area contributed by atoms with E-state index in [-0.39, 0.29) is 0 Å². The molecule has 0 spiro atoms. The first-order chi connectivity index (χ1) is 9.50. The lowest BCUT2D eigenvalue weighted by atomic mass is 10.2. The van der Waals surface area contributed by atoms with Crippen LogP contribution in [-0.2, 0) is 9.84 Å². The molecule has 1 atom stereocenters. The minimum Gasteiger partial charge on any atom is -0.384 e. The van der Waals surface area contributed by atoms with Gasteiger partial charge in [0, 0.05) is 12.2 Å². The fourth-order valence-electron chi connectivity index (χ4n) is 1.89. The molecule has 0 aliphatic heterocycles. The van der Waals surface area contributed by atoms with Crippen LogP contribution in [0.3, 0.4) is 0 Å². The second-order valence-electron chi connectivity index (χ2n) is 4.92. The van der Waals surface area contributed by atoms with E-state index in [1.54, 1.807) is 19.1 Å². The zero-order chi connectivity index (χ0) is 14.6. The topological polar surface area (TPSA) is 46.2 Å². The van der Waals surface area contributed by atoms with Gasteiger partial charge in [0.05, 0.1) is 10.1 Å². The van der Waals surface area contributed by atoms with Gasteiger partial charge >= 0.3 is 0 Å². The van der Waals surface area contributed by atoms with Crippen LogP contribution >= 0.6 is 0 Å². The fraction of sp³-hybridized carbons (Fsp3) is 0.250. The van der Waals surface area contributed by atoms with Crippen molar-refractivity contribution in [2.75, 3.05) is 11.9 Å². The number of nitrogens with one attached hydrogen (secondary N) is 1. The van der Waals surface area contributed by atoms with Crippen LogP contribution < -0.4 is 5.32 Å². The van der Waals surface area contributed by atoms with Crippen molar-refractivity contribution in [2.24, 2.45) is 0 Å². The van der Waals surface area contributed by atoms with Crippen LogP contribution in [0, 0.1) is 6.92 Å². The Morgan fingerprint density at radius 1 is 1.00 bits per heavy atom. The molecule has 0 bridgehead atoms. The summed E-state index contributed by atoms with van der Waals surface area (Å²) in [5.74, 6) is 0. The van der Waals surface area contributed by atoms with E-state index in [9.17, 15) is 8.42 Å².